The number of ether oxygens (including phenoxy) is 1. The number of nitriles is 1. The average Bonchev–Trinajstić information content (AvgIpc) is 3.10. The van der Waals surface area contributed by atoms with Gasteiger partial charge in [-0.1, -0.05) is 57.0 Å². The molecule has 2 bridgehead atoms. The molecule has 202 valence electrons. The zero-order valence-corrected chi connectivity index (χ0v) is 22.4. The lowest BCUT2D eigenvalue weighted by molar-refractivity contribution is -0.142. The lowest BCUT2D eigenvalue weighted by Crippen LogP contribution is -2.57. The van der Waals surface area contributed by atoms with Crippen LogP contribution in [0.5, 0.6) is 0 Å². The number of carbonyl (C=O) groups excluding carboxylic acids is 1. The number of unbranched alkanes of at least 4 members (excludes halogenated alkanes) is 2. The predicted molar refractivity (Wildman–Crippen MR) is 144 cm³/mol. The van der Waals surface area contributed by atoms with Crippen LogP contribution in [0.15, 0.2) is 42.6 Å². The molecule has 8 heteroatoms. The van der Waals surface area contributed by atoms with Crippen molar-refractivity contribution in [3.05, 3.63) is 64.9 Å². The Kier molecular flexibility index (Phi) is 8.78. The summed E-state index contributed by atoms with van der Waals surface area (Å²) in [4.78, 5) is 21.4. The van der Waals surface area contributed by atoms with Crippen LogP contribution in [0.1, 0.15) is 61.8 Å². The van der Waals surface area contributed by atoms with Gasteiger partial charge in [-0.15, -0.1) is 0 Å². The van der Waals surface area contributed by atoms with Gasteiger partial charge in [0.15, 0.2) is 0 Å². The van der Waals surface area contributed by atoms with Crippen LogP contribution >= 0.6 is 0 Å². The number of piperazine rings is 1. The number of aromatic nitrogens is 1. The van der Waals surface area contributed by atoms with Gasteiger partial charge in [-0.25, -0.2) is 4.98 Å². The first-order valence-corrected chi connectivity index (χ1v) is 13.4. The summed E-state index contributed by atoms with van der Waals surface area (Å²) in [5.41, 5.74) is 1.72. The number of nitrogens with zero attached hydrogens (tertiary/aromatic N) is 4. The maximum absolute atomic E-state index is 15.2. The van der Waals surface area contributed by atoms with Crippen LogP contribution in [0.25, 0.3) is 6.08 Å². The predicted octanol–water partition coefficient (Wildman–Crippen LogP) is 5.70. The first kappa shape index (κ1) is 27.7. The molecule has 2 aromatic rings. The molecule has 0 N–H and O–H groups in total. The molecule has 3 atom stereocenters. The summed E-state index contributed by atoms with van der Waals surface area (Å²) in [5.74, 6) is -2.35. The third kappa shape index (κ3) is 6.05. The minimum absolute atomic E-state index is 0.0758. The molecule has 2 aliphatic heterocycles. The highest BCUT2D eigenvalue weighted by Crippen LogP contribution is 2.38. The summed E-state index contributed by atoms with van der Waals surface area (Å²) in [6.45, 7) is 5.82. The molecule has 2 fully saturated rings. The standard InChI is InChI=1S/C30H36F2N4O2/c1-4-5-6-7-10-25-21(2)9-8-11-26(25)30(31,32)20-38-19-29(37)35-17-24-14-22(3)27(18-35)36(24)28-13-12-23(15-33)16-34-28/h7-13,16,22,24,27H,4-6,14,17-20H2,1-3H3/b10-7-/t22-,24?,27?/m0/s1. The molecule has 1 aromatic carbocycles. The first-order chi connectivity index (χ1) is 18.2. The topological polar surface area (TPSA) is 69.5 Å². The molecule has 0 aliphatic carbocycles. The van der Waals surface area contributed by atoms with Gasteiger partial charge in [-0.3, -0.25) is 4.79 Å². The molecule has 1 aromatic heterocycles. The minimum Gasteiger partial charge on any atom is -0.365 e. The number of pyridine rings is 1. The van der Waals surface area contributed by atoms with E-state index < -0.39 is 12.5 Å². The van der Waals surface area contributed by atoms with E-state index in [4.69, 9.17) is 10.00 Å². The molecular weight excluding hydrogens is 486 g/mol. The lowest BCUT2D eigenvalue weighted by atomic mass is 9.96. The van der Waals surface area contributed by atoms with Gasteiger partial charge in [0, 0.05) is 30.9 Å². The summed E-state index contributed by atoms with van der Waals surface area (Å²) in [5, 5.41) is 9.05. The van der Waals surface area contributed by atoms with Crippen LogP contribution in [0.2, 0.25) is 0 Å². The fourth-order valence-corrected chi connectivity index (χ4v) is 5.57. The Morgan fingerprint density at radius 2 is 2.11 bits per heavy atom. The third-order valence-corrected chi connectivity index (χ3v) is 7.62. The van der Waals surface area contributed by atoms with Crippen molar-refractivity contribution < 1.29 is 18.3 Å². The van der Waals surface area contributed by atoms with E-state index in [-0.39, 0.29) is 30.2 Å². The molecule has 3 heterocycles. The van der Waals surface area contributed by atoms with Crippen molar-refractivity contribution in [2.75, 3.05) is 31.2 Å². The van der Waals surface area contributed by atoms with Gasteiger partial charge in [0.1, 0.15) is 25.1 Å². The number of alkyl halides is 2. The Morgan fingerprint density at radius 3 is 2.79 bits per heavy atom. The van der Waals surface area contributed by atoms with E-state index in [2.05, 4.69) is 29.8 Å². The van der Waals surface area contributed by atoms with Crippen molar-refractivity contribution in [1.29, 1.82) is 5.26 Å². The molecule has 1 amide bonds. The number of anilines is 1. The van der Waals surface area contributed by atoms with Gasteiger partial charge >= 0.3 is 0 Å². The van der Waals surface area contributed by atoms with Crippen LogP contribution in [0, 0.1) is 24.2 Å². The van der Waals surface area contributed by atoms with Gasteiger partial charge < -0.3 is 14.5 Å². The normalized spacial score (nSPS) is 21.2. The molecular formula is C30H36F2N4O2. The Morgan fingerprint density at radius 1 is 1.29 bits per heavy atom. The second-order valence-corrected chi connectivity index (χ2v) is 10.4. The van der Waals surface area contributed by atoms with Gasteiger partial charge in [0.25, 0.3) is 5.92 Å². The maximum Gasteiger partial charge on any atom is 0.296 e. The highest BCUT2D eigenvalue weighted by Gasteiger charge is 2.46. The van der Waals surface area contributed by atoms with Crippen molar-refractivity contribution in [2.45, 2.75) is 64.5 Å². The number of rotatable bonds is 10. The summed E-state index contributed by atoms with van der Waals surface area (Å²) in [6, 6.07) is 10.7. The summed E-state index contributed by atoms with van der Waals surface area (Å²) in [6.07, 6.45) is 9.10. The Labute approximate surface area is 223 Å². The fourth-order valence-electron chi connectivity index (χ4n) is 5.57. The molecule has 6 nitrogen and oxygen atoms in total. The summed E-state index contributed by atoms with van der Waals surface area (Å²) >= 11 is 0. The lowest BCUT2D eigenvalue weighted by Gasteiger charge is -2.42. The number of allylic oxidation sites excluding steroid dienone is 1. The maximum atomic E-state index is 15.2. The van der Waals surface area contributed by atoms with E-state index in [1.54, 1.807) is 29.3 Å². The molecule has 0 saturated carbocycles. The van der Waals surface area contributed by atoms with E-state index in [0.29, 0.717) is 30.1 Å². The van der Waals surface area contributed by atoms with E-state index in [9.17, 15) is 4.79 Å². The van der Waals surface area contributed by atoms with Crippen LogP contribution < -0.4 is 4.90 Å². The van der Waals surface area contributed by atoms with Crippen molar-refractivity contribution in [1.82, 2.24) is 9.88 Å². The third-order valence-electron chi connectivity index (χ3n) is 7.62. The number of carbonyl (C=O) groups is 1. The van der Waals surface area contributed by atoms with Crippen molar-refractivity contribution in [3.8, 4) is 6.07 Å². The number of hydrogen-bond donors (Lipinski definition) is 0. The quantitative estimate of drug-likeness (QED) is 0.375. The van der Waals surface area contributed by atoms with E-state index >= 15 is 8.78 Å². The second-order valence-electron chi connectivity index (χ2n) is 10.4. The molecule has 2 unspecified atom stereocenters. The fraction of sp³-hybridized carbons (Fsp3) is 0.500. The zero-order chi connectivity index (χ0) is 27.3. The molecule has 2 aliphatic rings. The van der Waals surface area contributed by atoms with Gasteiger partial charge in [0.2, 0.25) is 5.91 Å². The Balaban J connectivity index is 1.36. The smallest absolute Gasteiger partial charge is 0.296 e. The minimum atomic E-state index is -3.22. The largest absolute Gasteiger partial charge is 0.365 e. The summed E-state index contributed by atoms with van der Waals surface area (Å²) < 4.78 is 35.8. The number of aryl methyl sites for hydroxylation is 1. The van der Waals surface area contributed by atoms with Crippen LogP contribution in [0.4, 0.5) is 14.6 Å². The number of likely N-dealkylation sites (tertiary alicyclic amines) is 1. The Hall–Kier alpha value is -3.31. The van der Waals surface area contributed by atoms with Crippen molar-refractivity contribution in [2.24, 2.45) is 5.92 Å². The van der Waals surface area contributed by atoms with E-state index in [1.807, 2.05) is 25.1 Å². The molecule has 38 heavy (non-hydrogen) atoms. The van der Waals surface area contributed by atoms with Crippen LogP contribution in [-0.4, -0.2) is 54.2 Å². The highest BCUT2D eigenvalue weighted by molar-refractivity contribution is 5.78. The zero-order valence-electron chi connectivity index (χ0n) is 22.4. The van der Waals surface area contributed by atoms with Crippen molar-refractivity contribution in [3.63, 3.8) is 0 Å². The SMILES string of the molecule is CCCC/C=C\c1c(C)cccc1C(F)(F)COCC(=O)N1CC2C[C@H](C)C(C1)N2c1ccc(C#N)cn1. The highest BCUT2D eigenvalue weighted by atomic mass is 19.3. The molecule has 4 rings (SSSR count). The first-order valence-electron chi connectivity index (χ1n) is 13.4. The average molecular weight is 523 g/mol. The number of amides is 1. The Bertz CT molecular complexity index is 1190. The van der Waals surface area contributed by atoms with Crippen molar-refractivity contribution >= 4 is 17.8 Å². The monoisotopic (exact) mass is 522 g/mol. The van der Waals surface area contributed by atoms with Gasteiger partial charge in [-0.05, 0) is 48.9 Å². The molecule has 0 spiro atoms. The second kappa shape index (κ2) is 12.0. The number of hydrogen-bond acceptors (Lipinski definition) is 5. The van der Waals surface area contributed by atoms with Gasteiger partial charge in [-0.2, -0.15) is 14.0 Å². The molecule has 0 radical (unpaired) electrons. The number of fused-ring (bicyclic) bond motifs is 2. The number of benzene rings is 1. The van der Waals surface area contributed by atoms with E-state index in [1.165, 1.54) is 6.07 Å². The summed E-state index contributed by atoms with van der Waals surface area (Å²) in [7, 11) is 0. The van der Waals surface area contributed by atoms with Gasteiger partial charge in [0.05, 0.1) is 11.6 Å². The molecule has 2 saturated heterocycles. The van der Waals surface area contributed by atoms with Crippen LogP contribution in [-0.2, 0) is 15.5 Å². The van der Waals surface area contributed by atoms with Crippen LogP contribution in [0.3, 0.4) is 0 Å². The van der Waals surface area contributed by atoms with E-state index in [0.717, 1.165) is 37.1 Å². The number of halogens is 2.